The fraction of sp³-hybridized carbons (Fsp3) is 0.571. The van der Waals surface area contributed by atoms with Crippen molar-refractivity contribution in [1.82, 2.24) is 19.5 Å². The van der Waals surface area contributed by atoms with Crippen molar-refractivity contribution in [2.75, 3.05) is 44.8 Å². The fourth-order valence-electron chi connectivity index (χ4n) is 2.75. The van der Waals surface area contributed by atoms with Gasteiger partial charge in [0, 0.05) is 45.5 Å². The average molecular weight is 354 g/mol. The number of hydrogen-bond donors (Lipinski definition) is 0. The summed E-state index contributed by atoms with van der Waals surface area (Å²) in [6.45, 7) is 7.06. The van der Waals surface area contributed by atoms with E-state index in [1.807, 2.05) is 12.3 Å². The molecule has 0 aliphatic carbocycles. The van der Waals surface area contributed by atoms with Crippen LogP contribution in [0.4, 0.5) is 5.82 Å². The molecule has 3 heterocycles. The first-order valence-corrected chi connectivity index (χ1v) is 7.96. The highest BCUT2D eigenvalue weighted by Crippen LogP contribution is 2.20. The molecule has 0 spiro atoms. The van der Waals surface area contributed by atoms with Gasteiger partial charge in [-0.2, -0.15) is 5.10 Å². The third-order valence-electron chi connectivity index (χ3n) is 3.98. The van der Waals surface area contributed by atoms with Gasteiger partial charge >= 0.3 is 0 Å². The minimum Gasteiger partial charge on any atom is -0.383 e. The largest absolute Gasteiger partial charge is 0.383 e. The van der Waals surface area contributed by atoms with Crippen LogP contribution < -0.4 is 4.90 Å². The Hall–Kier alpha value is -1.18. The van der Waals surface area contributed by atoms with Gasteiger partial charge in [-0.25, -0.2) is 9.50 Å². The molecule has 0 N–H and O–H groups in total. The van der Waals surface area contributed by atoms with Crippen LogP contribution in [-0.2, 0) is 4.74 Å². The third kappa shape index (κ3) is 3.04. The van der Waals surface area contributed by atoms with E-state index in [0.717, 1.165) is 48.7 Å². The second-order valence-electron chi connectivity index (χ2n) is 5.37. The molecule has 2 aromatic heterocycles. The van der Waals surface area contributed by atoms with Gasteiger partial charge in [0.2, 0.25) is 0 Å². The lowest BCUT2D eigenvalue weighted by Gasteiger charge is -2.38. The van der Waals surface area contributed by atoms with Gasteiger partial charge in [-0.05, 0) is 28.9 Å². The number of hydrogen-bond acceptors (Lipinski definition) is 5. The fourth-order valence-corrected chi connectivity index (χ4v) is 3.11. The summed E-state index contributed by atoms with van der Waals surface area (Å²) in [6.07, 6.45) is 3.73. The summed E-state index contributed by atoms with van der Waals surface area (Å²) in [4.78, 5) is 9.50. The SMILES string of the molecule is COCC(C)N1CCN(c2ccn3ncc(Br)c3n2)CC1. The summed E-state index contributed by atoms with van der Waals surface area (Å²) in [7, 11) is 1.76. The quantitative estimate of drug-likeness (QED) is 0.836. The monoisotopic (exact) mass is 353 g/mol. The van der Waals surface area contributed by atoms with E-state index in [2.05, 4.69) is 37.8 Å². The molecule has 2 aromatic rings. The lowest BCUT2D eigenvalue weighted by molar-refractivity contribution is 0.0952. The zero-order valence-electron chi connectivity index (χ0n) is 12.4. The van der Waals surface area contributed by atoms with Crippen LogP contribution in [0, 0.1) is 0 Å². The molecule has 1 aliphatic rings. The first-order valence-electron chi connectivity index (χ1n) is 7.17. The molecule has 0 aromatic carbocycles. The van der Waals surface area contributed by atoms with Gasteiger partial charge in [-0.15, -0.1) is 0 Å². The van der Waals surface area contributed by atoms with Crippen molar-refractivity contribution in [1.29, 1.82) is 0 Å². The zero-order valence-corrected chi connectivity index (χ0v) is 14.0. The van der Waals surface area contributed by atoms with Gasteiger partial charge in [0.25, 0.3) is 0 Å². The number of ether oxygens (including phenoxy) is 1. The van der Waals surface area contributed by atoms with Crippen LogP contribution >= 0.6 is 15.9 Å². The highest BCUT2D eigenvalue weighted by atomic mass is 79.9. The molecule has 0 radical (unpaired) electrons. The first-order chi connectivity index (χ1) is 10.2. The maximum Gasteiger partial charge on any atom is 0.171 e. The molecular formula is C14H20BrN5O. The minimum atomic E-state index is 0.469. The molecular weight excluding hydrogens is 334 g/mol. The molecule has 1 atom stereocenters. The number of halogens is 1. The van der Waals surface area contributed by atoms with Gasteiger partial charge in [0.05, 0.1) is 17.3 Å². The van der Waals surface area contributed by atoms with Crippen LogP contribution in [0.5, 0.6) is 0 Å². The topological polar surface area (TPSA) is 45.9 Å². The second-order valence-corrected chi connectivity index (χ2v) is 6.23. The van der Waals surface area contributed by atoms with E-state index in [1.54, 1.807) is 17.8 Å². The Balaban J connectivity index is 1.69. The number of methoxy groups -OCH3 is 1. The van der Waals surface area contributed by atoms with E-state index in [-0.39, 0.29) is 0 Å². The van der Waals surface area contributed by atoms with Crippen molar-refractivity contribution >= 4 is 27.4 Å². The van der Waals surface area contributed by atoms with E-state index >= 15 is 0 Å². The molecule has 114 valence electrons. The van der Waals surface area contributed by atoms with Gasteiger partial charge < -0.3 is 9.64 Å². The van der Waals surface area contributed by atoms with Gasteiger partial charge in [-0.3, -0.25) is 4.90 Å². The van der Waals surface area contributed by atoms with Crippen molar-refractivity contribution in [2.24, 2.45) is 0 Å². The Morgan fingerprint density at radius 3 is 2.81 bits per heavy atom. The van der Waals surface area contributed by atoms with Crippen molar-refractivity contribution < 1.29 is 4.74 Å². The maximum atomic E-state index is 5.24. The molecule has 7 heteroatoms. The van der Waals surface area contributed by atoms with Crippen molar-refractivity contribution in [2.45, 2.75) is 13.0 Å². The van der Waals surface area contributed by atoms with Crippen LogP contribution in [0.15, 0.2) is 22.9 Å². The predicted molar refractivity (Wildman–Crippen MR) is 85.8 cm³/mol. The molecule has 1 aliphatic heterocycles. The number of piperazine rings is 1. The Kier molecular flexibility index (Phi) is 4.42. The Labute approximate surface area is 132 Å². The van der Waals surface area contributed by atoms with Crippen LogP contribution in [-0.4, -0.2) is 65.4 Å². The standard InChI is InChI=1S/C14H20BrN5O/c1-11(10-21-2)18-5-7-19(8-6-18)13-3-4-20-14(17-13)12(15)9-16-20/h3-4,9,11H,5-8,10H2,1-2H3. The Morgan fingerprint density at radius 1 is 1.33 bits per heavy atom. The molecule has 1 fully saturated rings. The normalized spacial score (nSPS) is 18.3. The van der Waals surface area contributed by atoms with Crippen LogP contribution in [0.1, 0.15) is 6.92 Å². The number of aromatic nitrogens is 3. The van der Waals surface area contributed by atoms with Gasteiger partial charge in [-0.1, -0.05) is 0 Å². The number of rotatable bonds is 4. The molecule has 3 rings (SSSR count). The smallest absolute Gasteiger partial charge is 0.171 e. The third-order valence-corrected chi connectivity index (χ3v) is 4.54. The average Bonchev–Trinajstić information content (AvgIpc) is 2.89. The van der Waals surface area contributed by atoms with Crippen molar-refractivity contribution in [3.05, 3.63) is 22.9 Å². The highest BCUT2D eigenvalue weighted by molar-refractivity contribution is 9.10. The van der Waals surface area contributed by atoms with E-state index in [1.165, 1.54) is 0 Å². The minimum absolute atomic E-state index is 0.469. The van der Waals surface area contributed by atoms with Crippen LogP contribution in [0.3, 0.4) is 0 Å². The van der Waals surface area contributed by atoms with Gasteiger partial charge in [0.15, 0.2) is 5.65 Å². The second kappa shape index (κ2) is 6.29. The molecule has 1 saturated heterocycles. The van der Waals surface area contributed by atoms with Crippen molar-refractivity contribution in [3.8, 4) is 0 Å². The van der Waals surface area contributed by atoms with E-state index in [0.29, 0.717) is 6.04 Å². The number of fused-ring (bicyclic) bond motifs is 1. The summed E-state index contributed by atoms with van der Waals surface area (Å²) >= 11 is 3.48. The lowest BCUT2D eigenvalue weighted by Crippen LogP contribution is -2.51. The molecule has 1 unspecified atom stereocenters. The lowest BCUT2D eigenvalue weighted by atomic mass is 10.2. The Morgan fingerprint density at radius 2 is 2.10 bits per heavy atom. The van der Waals surface area contributed by atoms with Crippen LogP contribution in [0.25, 0.3) is 5.65 Å². The predicted octanol–water partition coefficient (Wildman–Crippen LogP) is 1.65. The molecule has 6 nitrogen and oxygen atoms in total. The molecule has 21 heavy (non-hydrogen) atoms. The number of nitrogens with zero attached hydrogens (tertiary/aromatic N) is 5. The summed E-state index contributed by atoms with van der Waals surface area (Å²) < 4.78 is 7.95. The summed E-state index contributed by atoms with van der Waals surface area (Å²) in [5.74, 6) is 1.02. The number of anilines is 1. The maximum absolute atomic E-state index is 5.24. The van der Waals surface area contributed by atoms with Crippen molar-refractivity contribution in [3.63, 3.8) is 0 Å². The molecule has 0 saturated carbocycles. The van der Waals surface area contributed by atoms with E-state index < -0.39 is 0 Å². The van der Waals surface area contributed by atoms with Crippen LogP contribution in [0.2, 0.25) is 0 Å². The first kappa shape index (κ1) is 14.7. The summed E-state index contributed by atoms with van der Waals surface area (Å²) in [5, 5.41) is 4.23. The summed E-state index contributed by atoms with van der Waals surface area (Å²) in [5.41, 5.74) is 0.864. The molecule has 0 bridgehead atoms. The van der Waals surface area contributed by atoms with Gasteiger partial charge in [0.1, 0.15) is 5.82 Å². The summed E-state index contributed by atoms with van der Waals surface area (Å²) in [6, 6.07) is 2.50. The van der Waals surface area contributed by atoms with E-state index in [9.17, 15) is 0 Å². The Bertz CT molecular complexity index is 608. The molecule has 0 amide bonds. The van der Waals surface area contributed by atoms with E-state index in [4.69, 9.17) is 9.72 Å². The highest BCUT2D eigenvalue weighted by Gasteiger charge is 2.22. The zero-order chi connectivity index (χ0) is 14.8.